The minimum atomic E-state index is -0.630. The molecule has 0 heterocycles. The van der Waals surface area contributed by atoms with E-state index in [4.69, 9.17) is 5.73 Å². The van der Waals surface area contributed by atoms with Gasteiger partial charge >= 0.3 is 0 Å². The summed E-state index contributed by atoms with van der Waals surface area (Å²) in [4.78, 5) is 24.0. The Bertz CT molecular complexity index is 173. The molecule has 0 aromatic rings. The van der Waals surface area contributed by atoms with Crippen LogP contribution in [0.5, 0.6) is 0 Å². The number of aldehydes is 1. The van der Waals surface area contributed by atoms with E-state index in [0.29, 0.717) is 6.29 Å². The van der Waals surface area contributed by atoms with Crippen LogP contribution in [0.4, 0.5) is 0 Å². The average Bonchev–Trinajstić information content (AvgIpc) is 1.87. The van der Waals surface area contributed by atoms with E-state index in [2.05, 4.69) is 4.99 Å². The lowest BCUT2D eigenvalue weighted by Gasteiger charge is -1.95. The van der Waals surface area contributed by atoms with E-state index in [-0.39, 0.29) is 5.71 Å². The smallest absolute Gasteiger partial charge is 0.262 e. The van der Waals surface area contributed by atoms with Gasteiger partial charge in [-0.05, 0) is 13.8 Å². The molecule has 10 heavy (non-hydrogen) atoms. The summed E-state index contributed by atoms with van der Waals surface area (Å²) in [7, 11) is 0. The Morgan fingerprint density at radius 2 is 2.20 bits per heavy atom. The van der Waals surface area contributed by atoms with Crippen LogP contribution in [-0.2, 0) is 9.59 Å². The molecule has 0 fully saturated rings. The summed E-state index contributed by atoms with van der Waals surface area (Å²) in [5, 5.41) is 0. The summed E-state index contributed by atoms with van der Waals surface area (Å²) in [6.07, 6.45) is 0.514. The topological polar surface area (TPSA) is 72.5 Å². The van der Waals surface area contributed by atoms with Crippen LogP contribution < -0.4 is 5.73 Å². The number of aliphatic imine (C=N–C) groups is 1. The van der Waals surface area contributed by atoms with E-state index in [1.165, 1.54) is 13.8 Å². The molecule has 0 radical (unpaired) electrons. The second kappa shape index (κ2) is 3.90. The summed E-state index contributed by atoms with van der Waals surface area (Å²) < 4.78 is 0. The Kier molecular flexibility index (Phi) is 3.49. The van der Waals surface area contributed by atoms with Gasteiger partial charge in [0, 0.05) is 0 Å². The zero-order valence-corrected chi connectivity index (χ0v) is 6.00. The molecule has 1 unspecified atom stereocenters. The number of amides is 1. The lowest BCUT2D eigenvalue weighted by molar-refractivity contribution is -0.118. The predicted octanol–water partition coefficient (Wildman–Crippen LogP) is -0.480. The first-order valence-electron chi connectivity index (χ1n) is 2.88. The third-order valence-corrected chi connectivity index (χ3v) is 0.847. The van der Waals surface area contributed by atoms with E-state index in [1.807, 2.05) is 0 Å². The monoisotopic (exact) mass is 142 g/mol. The molecule has 1 amide bonds. The molecular formula is C6H10N2O2. The second-order valence-electron chi connectivity index (χ2n) is 2.00. The quantitative estimate of drug-likeness (QED) is 0.418. The molecule has 4 nitrogen and oxygen atoms in total. The maximum atomic E-state index is 10.6. The van der Waals surface area contributed by atoms with E-state index in [1.54, 1.807) is 0 Å². The molecule has 0 rings (SSSR count). The van der Waals surface area contributed by atoms with Crippen LogP contribution in [0.15, 0.2) is 4.99 Å². The van der Waals surface area contributed by atoms with Gasteiger partial charge in [0.15, 0.2) is 6.29 Å². The average molecular weight is 142 g/mol. The van der Waals surface area contributed by atoms with Crippen LogP contribution >= 0.6 is 0 Å². The number of hydrogen-bond acceptors (Lipinski definition) is 3. The molecule has 0 spiro atoms. The summed E-state index contributed by atoms with van der Waals surface area (Å²) >= 11 is 0. The van der Waals surface area contributed by atoms with Crippen molar-refractivity contribution in [3.8, 4) is 0 Å². The fraction of sp³-hybridized carbons (Fsp3) is 0.500. The first-order valence-corrected chi connectivity index (χ1v) is 2.88. The van der Waals surface area contributed by atoms with Gasteiger partial charge in [-0.25, -0.2) is 4.99 Å². The van der Waals surface area contributed by atoms with Crippen molar-refractivity contribution in [1.29, 1.82) is 0 Å². The summed E-state index contributed by atoms with van der Waals surface area (Å²) in [5.74, 6) is -0.468. The molecule has 0 aliphatic heterocycles. The summed E-state index contributed by atoms with van der Waals surface area (Å²) in [5.41, 5.74) is 5.32. The molecule has 0 aliphatic rings. The van der Waals surface area contributed by atoms with E-state index < -0.39 is 11.9 Å². The largest absolute Gasteiger partial charge is 0.320 e. The molecule has 0 saturated heterocycles. The van der Waals surface area contributed by atoms with E-state index in [9.17, 15) is 9.59 Å². The van der Waals surface area contributed by atoms with Crippen molar-refractivity contribution in [1.82, 2.24) is 0 Å². The van der Waals surface area contributed by atoms with Crippen LogP contribution in [0.1, 0.15) is 13.8 Å². The number of carbonyl (C=O) groups excluding carboxylic acids is 2. The molecule has 1 atom stereocenters. The van der Waals surface area contributed by atoms with Gasteiger partial charge in [-0.15, -0.1) is 0 Å². The highest BCUT2D eigenvalue weighted by molar-refractivity contribution is 6.29. The number of carbonyl (C=O) groups is 2. The van der Waals surface area contributed by atoms with Gasteiger partial charge in [-0.2, -0.15) is 0 Å². The fourth-order valence-electron chi connectivity index (χ4n) is 0.302. The van der Waals surface area contributed by atoms with Gasteiger partial charge in [0.05, 0.1) is 11.8 Å². The predicted molar refractivity (Wildman–Crippen MR) is 37.8 cm³/mol. The number of nitrogens with two attached hydrogens (primary N) is 1. The molecule has 56 valence electrons. The maximum Gasteiger partial charge on any atom is 0.262 e. The van der Waals surface area contributed by atoms with Gasteiger partial charge in [0.25, 0.3) is 5.91 Å². The third-order valence-electron chi connectivity index (χ3n) is 0.847. The molecular weight excluding hydrogens is 132 g/mol. The Morgan fingerprint density at radius 3 is 2.50 bits per heavy atom. The lowest BCUT2D eigenvalue weighted by Crippen LogP contribution is -2.25. The maximum absolute atomic E-state index is 10.6. The standard InChI is InChI=1S/C6H10N2O2/c1-4(3-9)8-6(10)5(2)7/h3,5H,7H2,1-2H3. The van der Waals surface area contributed by atoms with Crippen molar-refractivity contribution in [3.05, 3.63) is 0 Å². The zero-order chi connectivity index (χ0) is 8.15. The molecule has 4 heteroatoms. The third kappa shape index (κ3) is 3.09. The molecule has 0 aliphatic carbocycles. The second-order valence-corrected chi connectivity index (χ2v) is 2.00. The summed E-state index contributed by atoms with van der Waals surface area (Å²) in [6.45, 7) is 2.97. The van der Waals surface area contributed by atoms with Crippen molar-refractivity contribution in [2.75, 3.05) is 0 Å². The highest BCUT2D eigenvalue weighted by Crippen LogP contribution is 1.82. The van der Waals surface area contributed by atoms with Crippen LogP contribution in [0.3, 0.4) is 0 Å². The van der Waals surface area contributed by atoms with Crippen LogP contribution in [-0.4, -0.2) is 23.9 Å². The van der Waals surface area contributed by atoms with Crippen LogP contribution in [0.2, 0.25) is 0 Å². The number of nitrogens with zero attached hydrogens (tertiary/aromatic N) is 1. The zero-order valence-electron chi connectivity index (χ0n) is 6.00. The minimum absolute atomic E-state index is 0.155. The molecule has 2 N–H and O–H groups in total. The highest BCUT2D eigenvalue weighted by Gasteiger charge is 2.04. The number of hydrogen-bond donors (Lipinski definition) is 1. The first-order chi connectivity index (χ1) is 4.57. The minimum Gasteiger partial charge on any atom is -0.320 e. The normalized spacial score (nSPS) is 14.5. The van der Waals surface area contributed by atoms with Crippen molar-refractivity contribution in [3.63, 3.8) is 0 Å². The van der Waals surface area contributed by atoms with Gasteiger partial charge in [0.2, 0.25) is 0 Å². The van der Waals surface area contributed by atoms with Gasteiger partial charge in [-0.1, -0.05) is 0 Å². The van der Waals surface area contributed by atoms with E-state index in [0.717, 1.165) is 0 Å². The highest BCUT2D eigenvalue weighted by atomic mass is 16.2. The van der Waals surface area contributed by atoms with Crippen molar-refractivity contribution >= 4 is 17.9 Å². The van der Waals surface area contributed by atoms with Crippen molar-refractivity contribution < 1.29 is 9.59 Å². The SMILES string of the molecule is CC(C=O)=NC(=O)C(C)N. The van der Waals surface area contributed by atoms with Gasteiger partial charge in [0.1, 0.15) is 0 Å². The fourth-order valence-corrected chi connectivity index (χ4v) is 0.302. The van der Waals surface area contributed by atoms with Crippen molar-refractivity contribution in [2.24, 2.45) is 10.7 Å². The Labute approximate surface area is 59.1 Å². The Balaban J connectivity index is 4.13. The van der Waals surface area contributed by atoms with Crippen LogP contribution in [0, 0.1) is 0 Å². The lowest BCUT2D eigenvalue weighted by atomic mass is 10.3. The van der Waals surface area contributed by atoms with E-state index >= 15 is 0 Å². The Morgan fingerprint density at radius 1 is 1.70 bits per heavy atom. The van der Waals surface area contributed by atoms with Gasteiger partial charge in [-0.3, -0.25) is 9.59 Å². The molecule has 0 saturated carbocycles. The van der Waals surface area contributed by atoms with Crippen LogP contribution in [0.25, 0.3) is 0 Å². The first kappa shape index (κ1) is 8.97. The van der Waals surface area contributed by atoms with Crippen molar-refractivity contribution in [2.45, 2.75) is 19.9 Å². The Hall–Kier alpha value is -1.03. The molecule has 0 bridgehead atoms. The summed E-state index contributed by atoms with van der Waals surface area (Å²) in [6, 6.07) is -0.630. The van der Waals surface area contributed by atoms with Gasteiger partial charge < -0.3 is 5.73 Å². The molecule has 0 aromatic carbocycles. The molecule has 0 aromatic heterocycles. The number of rotatable bonds is 2.